The number of hydrogen-bond donors (Lipinski definition) is 0. The van der Waals surface area contributed by atoms with E-state index in [-0.39, 0.29) is 31.1 Å². The molecule has 0 rings (SSSR count). The first-order chi connectivity index (χ1) is 41.0. The molecule has 0 fully saturated rings. The van der Waals surface area contributed by atoms with Gasteiger partial charge in [0.05, 0.1) is 0 Å². The topological polar surface area (TPSA) is 78.9 Å². The summed E-state index contributed by atoms with van der Waals surface area (Å²) in [5, 5.41) is 0. The maximum absolute atomic E-state index is 13.0. The smallest absolute Gasteiger partial charge is 0.306 e. The number of allylic oxidation sites excluding steroid dienone is 18. The lowest BCUT2D eigenvalue weighted by Gasteiger charge is -2.18. The molecule has 476 valence electrons. The van der Waals surface area contributed by atoms with Gasteiger partial charge in [-0.2, -0.15) is 0 Å². The van der Waals surface area contributed by atoms with Crippen LogP contribution in [0.3, 0.4) is 0 Å². The first-order valence-corrected chi connectivity index (χ1v) is 35.4. The molecule has 0 bridgehead atoms. The molecule has 0 aliphatic heterocycles. The van der Waals surface area contributed by atoms with Gasteiger partial charge in [0.2, 0.25) is 0 Å². The van der Waals surface area contributed by atoms with Crippen LogP contribution in [0.1, 0.15) is 342 Å². The average Bonchev–Trinajstić information content (AvgIpc) is 3.49. The summed E-state index contributed by atoms with van der Waals surface area (Å²) >= 11 is 0. The SMILES string of the molecule is CC/C=C\C/C=C\C/C=C\C/C=C\C/C=C\CCCCCCCCCC(=O)OC(COC(=O)CCCCCC/C=C\C/C=C\C/C=C\C/C=C\CC)COC(=O)CCCCCCCCCCCCCCCCCCCCCCCCCCC. The molecule has 0 saturated heterocycles. The van der Waals surface area contributed by atoms with Gasteiger partial charge in [-0.15, -0.1) is 0 Å². The highest BCUT2D eigenvalue weighted by Crippen LogP contribution is 2.18. The van der Waals surface area contributed by atoms with E-state index in [4.69, 9.17) is 14.2 Å². The minimum absolute atomic E-state index is 0.0891. The van der Waals surface area contributed by atoms with Gasteiger partial charge in [-0.1, -0.05) is 329 Å². The maximum atomic E-state index is 13.0. The third-order valence-electron chi connectivity index (χ3n) is 15.3. The zero-order valence-corrected chi connectivity index (χ0v) is 54.7. The number of unbranched alkanes of at least 4 members (excludes halogenated alkanes) is 35. The summed E-state index contributed by atoms with van der Waals surface area (Å²) in [6.07, 6.45) is 96.9. The van der Waals surface area contributed by atoms with Crippen molar-refractivity contribution >= 4 is 17.9 Å². The molecular weight excluding hydrogens is 1020 g/mol. The number of esters is 3. The lowest BCUT2D eigenvalue weighted by molar-refractivity contribution is -0.167. The lowest BCUT2D eigenvalue weighted by Crippen LogP contribution is -2.30. The van der Waals surface area contributed by atoms with Crippen molar-refractivity contribution in [3.8, 4) is 0 Å². The first kappa shape index (κ1) is 79.1. The highest BCUT2D eigenvalue weighted by molar-refractivity contribution is 5.71. The Balaban J connectivity index is 4.38. The van der Waals surface area contributed by atoms with Crippen LogP contribution in [0.25, 0.3) is 0 Å². The summed E-state index contributed by atoms with van der Waals surface area (Å²) in [5.41, 5.74) is 0. The molecule has 0 aliphatic carbocycles. The van der Waals surface area contributed by atoms with Crippen molar-refractivity contribution in [2.24, 2.45) is 0 Å². The van der Waals surface area contributed by atoms with Crippen LogP contribution in [0.2, 0.25) is 0 Å². The van der Waals surface area contributed by atoms with Crippen molar-refractivity contribution in [2.75, 3.05) is 13.2 Å². The third-order valence-corrected chi connectivity index (χ3v) is 15.3. The van der Waals surface area contributed by atoms with Gasteiger partial charge in [-0.3, -0.25) is 14.4 Å². The second-order valence-corrected chi connectivity index (χ2v) is 23.4. The molecule has 0 amide bonds. The summed E-state index contributed by atoms with van der Waals surface area (Å²) in [5.74, 6) is -0.910. The van der Waals surface area contributed by atoms with Gasteiger partial charge in [0.15, 0.2) is 6.10 Å². The minimum Gasteiger partial charge on any atom is -0.462 e. The molecule has 0 N–H and O–H groups in total. The van der Waals surface area contributed by atoms with Gasteiger partial charge in [0.1, 0.15) is 13.2 Å². The molecule has 0 aliphatic rings. The molecule has 0 heterocycles. The minimum atomic E-state index is -0.798. The van der Waals surface area contributed by atoms with E-state index in [1.54, 1.807) is 0 Å². The van der Waals surface area contributed by atoms with Gasteiger partial charge < -0.3 is 14.2 Å². The molecule has 1 unspecified atom stereocenters. The standard InChI is InChI=1S/C77H132O6/c1-4-7-10-13-16-19-22-25-28-31-33-35-37-38-40-41-43-46-49-52-55-58-61-64-67-70-76(79)82-73-74(72-81-75(78)69-66-63-60-57-54-51-48-45-30-27-24-21-18-15-12-9-6-3)83-77(80)71-68-65-62-59-56-53-50-47-44-42-39-36-34-32-29-26-23-20-17-14-11-8-5-2/h8-9,11-12,17-18,20-21,26-27,29-30,34,36,42,44,48,51,74H,4-7,10,13-16,19,22-25,28,31-33,35,37-41,43,45-47,49-50,52-73H2,1-3H3/b11-8-,12-9-,20-17-,21-18-,29-26-,30-27-,36-34-,44-42-,51-48-. The van der Waals surface area contributed by atoms with Gasteiger partial charge in [0, 0.05) is 19.3 Å². The van der Waals surface area contributed by atoms with E-state index in [2.05, 4.69) is 130 Å². The van der Waals surface area contributed by atoms with Crippen LogP contribution in [-0.4, -0.2) is 37.2 Å². The molecule has 0 saturated carbocycles. The van der Waals surface area contributed by atoms with Gasteiger partial charge in [0.25, 0.3) is 0 Å². The number of ether oxygens (including phenoxy) is 3. The highest BCUT2D eigenvalue weighted by atomic mass is 16.6. The number of rotatable bonds is 64. The Morgan fingerprint density at radius 1 is 0.253 bits per heavy atom. The Kier molecular flexibility index (Phi) is 67.2. The molecule has 0 aromatic rings. The number of carbonyl (C=O) groups excluding carboxylic acids is 3. The second kappa shape index (κ2) is 70.6. The van der Waals surface area contributed by atoms with Gasteiger partial charge >= 0.3 is 17.9 Å². The largest absolute Gasteiger partial charge is 0.462 e. The average molecular weight is 1150 g/mol. The molecular formula is C77H132O6. The van der Waals surface area contributed by atoms with Crippen LogP contribution in [0.5, 0.6) is 0 Å². The maximum Gasteiger partial charge on any atom is 0.306 e. The van der Waals surface area contributed by atoms with Crippen molar-refractivity contribution in [1.82, 2.24) is 0 Å². The summed E-state index contributed by atoms with van der Waals surface area (Å²) in [4.78, 5) is 38.5. The molecule has 0 spiro atoms. The lowest BCUT2D eigenvalue weighted by atomic mass is 10.0. The zero-order valence-electron chi connectivity index (χ0n) is 54.7. The Morgan fingerprint density at radius 3 is 0.735 bits per heavy atom. The highest BCUT2D eigenvalue weighted by Gasteiger charge is 2.19. The molecule has 6 heteroatoms. The number of carbonyl (C=O) groups is 3. The molecule has 83 heavy (non-hydrogen) atoms. The monoisotopic (exact) mass is 1150 g/mol. The van der Waals surface area contributed by atoms with Crippen LogP contribution in [0, 0.1) is 0 Å². The Labute approximate surface area is 514 Å². The van der Waals surface area contributed by atoms with Crippen molar-refractivity contribution in [3.63, 3.8) is 0 Å². The first-order valence-electron chi connectivity index (χ1n) is 35.4. The third kappa shape index (κ3) is 68.7. The summed E-state index contributed by atoms with van der Waals surface area (Å²) in [6, 6.07) is 0. The van der Waals surface area contributed by atoms with E-state index < -0.39 is 6.10 Å². The van der Waals surface area contributed by atoms with Crippen molar-refractivity contribution in [1.29, 1.82) is 0 Å². The molecule has 0 aromatic heterocycles. The van der Waals surface area contributed by atoms with Crippen molar-refractivity contribution in [3.05, 3.63) is 109 Å². The van der Waals surface area contributed by atoms with Crippen LogP contribution >= 0.6 is 0 Å². The Hall–Kier alpha value is -3.93. The molecule has 1 atom stereocenters. The van der Waals surface area contributed by atoms with Gasteiger partial charge in [-0.05, 0) is 103 Å². The fraction of sp³-hybridized carbons (Fsp3) is 0.727. The van der Waals surface area contributed by atoms with Gasteiger partial charge in [-0.25, -0.2) is 0 Å². The van der Waals surface area contributed by atoms with E-state index >= 15 is 0 Å². The van der Waals surface area contributed by atoms with Crippen molar-refractivity contribution < 1.29 is 28.6 Å². The second-order valence-electron chi connectivity index (χ2n) is 23.4. The summed E-state index contributed by atoms with van der Waals surface area (Å²) in [7, 11) is 0. The van der Waals surface area contributed by atoms with Crippen LogP contribution < -0.4 is 0 Å². The van der Waals surface area contributed by atoms with E-state index in [0.29, 0.717) is 19.3 Å². The Morgan fingerprint density at radius 2 is 0.470 bits per heavy atom. The predicted molar refractivity (Wildman–Crippen MR) is 362 cm³/mol. The summed E-state index contributed by atoms with van der Waals surface area (Å²) < 4.78 is 17.0. The molecule has 0 radical (unpaired) electrons. The van der Waals surface area contributed by atoms with E-state index in [1.165, 1.54) is 167 Å². The van der Waals surface area contributed by atoms with Crippen LogP contribution in [0.15, 0.2) is 109 Å². The fourth-order valence-electron chi connectivity index (χ4n) is 10.1. The quantitative estimate of drug-likeness (QED) is 0.0261. The van der Waals surface area contributed by atoms with E-state index in [0.717, 1.165) is 135 Å². The fourth-order valence-corrected chi connectivity index (χ4v) is 10.1. The molecule has 0 aromatic carbocycles. The van der Waals surface area contributed by atoms with Crippen LogP contribution in [0.4, 0.5) is 0 Å². The number of hydrogen-bond acceptors (Lipinski definition) is 6. The van der Waals surface area contributed by atoms with Crippen LogP contribution in [-0.2, 0) is 28.6 Å². The zero-order chi connectivity index (χ0) is 59.9. The van der Waals surface area contributed by atoms with E-state index in [1.807, 2.05) is 0 Å². The van der Waals surface area contributed by atoms with E-state index in [9.17, 15) is 14.4 Å². The molecule has 6 nitrogen and oxygen atoms in total. The summed E-state index contributed by atoms with van der Waals surface area (Å²) in [6.45, 7) is 6.43. The van der Waals surface area contributed by atoms with Crippen molar-refractivity contribution in [2.45, 2.75) is 348 Å². The predicted octanol–water partition coefficient (Wildman–Crippen LogP) is 24.6. The Bertz CT molecular complexity index is 1660. The normalized spacial score (nSPS) is 12.8.